The first-order valence-electron chi connectivity index (χ1n) is 5.83. The number of aryl methyl sites for hydroxylation is 1. The van der Waals surface area contributed by atoms with E-state index >= 15 is 0 Å². The smallest absolute Gasteiger partial charge is 0.263 e. The Morgan fingerprint density at radius 2 is 1.90 bits per heavy atom. The van der Waals surface area contributed by atoms with Crippen LogP contribution >= 0.6 is 31.9 Å². The van der Waals surface area contributed by atoms with E-state index in [1.165, 1.54) is 6.07 Å². The Morgan fingerprint density at radius 1 is 1.19 bits per heavy atom. The molecule has 4 nitrogen and oxygen atoms in total. The second kappa shape index (κ2) is 6.18. The number of hydrogen-bond acceptors (Lipinski definition) is 3. The molecule has 0 unspecified atom stereocenters. The highest BCUT2D eigenvalue weighted by atomic mass is 79.9. The molecule has 0 heterocycles. The molecule has 2 rings (SSSR count). The molecular weight excluding hydrogens is 420 g/mol. The van der Waals surface area contributed by atoms with Crippen molar-refractivity contribution in [3.05, 3.63) is 56.5 Å². The molecule has 0 saturated carbocycles. The lowest BCUT2D eigenvalue weighted by Gasteiger charge is -2.12. The van der Waals surface area contributed by atoms with Crippen LogP contribution in [0.4, 0.5) is 5.69 Å². The minimum atomic E-state index is -3.79. The third-order valence-corrected chi connectivity index (χ3v) is 5.66. The van der Waals surface area contributed by atoms with E-state index in [1.54, 1.807) is 37.3 Å². The van der Waals surface area contributed by atoms with Crippen LogP contribution in [0.2, 0.25) is 0 Å². The van der Waals surface area contributed by atoms with Crippen molar-refractivity contribution in [2.75, 3.05) is 4.72 Å². The van der Waals surface area contributed by atoms with E-state index in [0.29, 0.717) is 20.1 Å². The first-order valence-corrected chi connectivity index (χ1v) is 8.89. The molecule has 0 spiro atoms. The second-order valence-electron chi connectivity index (χ2n) is 4.29. The third kappa shape index (κ3) is 3.46. The van der Waals surface area contributed by atoms with Gasteiger partial charge < -0.3 is 0 Å². The molecule has 108 valence electrons. The van der Waals surface area contributed by atoms with Crippen molar-refractivity contribution in [2.24, 2.45) is 0 Å². The van der Waals surface area contributed by atoms with Crippen molar-refractivity contribution in [1.82, 2.24) is 0 Å². The van der Waals surface area contributed by atoms with E-state index in [1.807, 2.05) is 6.07 Å². The average Bonchev–Trinajstić information content (AvgIpc) is 2.41. The predicted molar refractivity (Wildman–Crippen MR) is 88.5 cm³/mol. The first-order chi connectivity index (χ1) is 9.85. The van der Waals surface area contributed by atoms with Gasteiger partial charge in [0.05, 0.1) is 11.3 Å². The minimum Gasteiger partial charge on any atom is -0.278 e. The number of rotatable bonds is 3. The van der Waals surface area contributed by atoms with Gasteiger partial charge in [0.2, 0.25) is 0 Å². The lowest BCUT2D eigenvalue weighted by atomic mass is 10.1. The number of nitriles is 1. The molecule has 2 aromatic rings. The molecule has 2 aromatic carbocycles. The van der Waals surface area contributed by atoms with Gasteiger partial charge in [-0.05, 0) is 52.7 Å². The summed E-state index contributed by atoms with van der Waals surface area (Å²) in [5.41, 5.74) is 1.29. The fourth-order valence-corrected chi connectivity index (χ4v) is 4.36. The van der Waals surface area contributed by atoms with Gasteiger partial charge in [-0.3, -0.25) is 4.72 Å². The van der Waals surface area contributed by atoms with Crippen LogP contribution < -0.4 is 4.72 Å². The zero-order chi connectivity index (χ0) is 15.6. The predicted octanol–water partition coefficient (Wildman–Crippen LogP) is 4.19. The summed E-state index contributed by atoms with van der Waals surface area (Å²) >= 11 is 6.47. The zero-order valence-electron chi connectivity index (χ0n) is 10.9. The molecule has 7 heteroatoms. The maximum Gasteiger partial charge on any atom is 0.263 e. The van der Waals surface area contributed by atoms with Gasteiger partial charge in [0.15, 0.2) is 0 Å². The largest absolute Gasteiger partial charge is 0.278 e. The van der Waals surface area contributed by atoms with Crippen LogP contribution in [0, 0.1) is 18.3 Å². The summed E-state index contributed by atoms with van der Waals surface area (Å²) in [5.74, 6) is 0. The summed E-state index contributed by atoms with van der Waals surface area (Å²) in [6, 6.07) is 11.9. The molecule has 0 aromatic heterocycles. The van der Waals surface area contributed by atoms with Gasteiger partial charge in [0.1, 0.15) is 11.0 Å². The summed E-state index contributed by atoms with van der Waals surface area (Å²) in [5, 5.41) is 9.16. The van der Waals surface area contributed by atoms with Crippen molar-refractivity contribution in [3.63, 3.8) is 0 Å². The van der Waals surface area contributed by atoms with Crippen molar-refractivity contribution in [2.45, 2.75) is 11.8 Å². The van der Waals surface area contributed by atoms with Crippen LogP contribution in [0.5, 0.6) is 0 Å². The quantitative estimate of drug-likeness (QED) is 0.794. The molecule has 0 bridgehead atoms. The summed E-state index contributed by atoms with van der Waals surface area (Å²) < 4.78 is 28.5. The van der Waals surface area contributed by atoms with E-state index in [4.69, 9.17) is 5.26 Å². The van der Waals surface area contributed by atoms with E-state index < -0.39 is 10.0 Å². The van der Waals surface area contributed by atoms with Crippen LogP contribution in [-0.4, -0.2) is 8.42 Å². The standard InChI is InChI=1S/C14H10Br2N2O2S/c1-9-3-2-4-13(11(9)8-17)18-21(19,20)14-7-10(15)5-6-12(14)16/h2-7,18H,1H3. The zero-order valence-corrected chi connectivity index (χ0v) is 14.9. The average molecular weight is 430 g/mol. The summed E-state index contributed by atoms with van der Waals surface area (Å²) in [4.78, 5) is 0.0993. The molecule has 21 heavy (non-hydrogen) atoms. The maximum absolute atomic E-state index is 12.5. The Balaban J connectivity index is 2.51. The lowest BCUT2D eigenvalue weighted by Crippen LogP contribution is -2.14. The number of anilines is 1. The Labute approximate surface area is 140 Å². The van der Waals surface area contributed by atoms with Gasteiger partial charge in [-0.25, -0.2) is 8.42 Å². The molecule has 1 N–H and O–H groups in total. The van der Waals surface area contributed by atoms with Crippen molar-refractivity contribution in [3.8, 4) is 6.07 Å². The summed E-state index contributed by atoms with van der Waals surface area (Å²) in [6.45, 7) is 1.76. The summed E-state index contributed by atoms with van der Waals surface area (Å²) in [6.07, 6.45) is 0. The van der Waals surface area contributed by atoms with Crippen molar-refractivity contribution < 1.29 is 8.42 Å². The molecule has 0 aliphatic heterocycles. The van der Waals surface area contributed by atoms with E-state index in [0.717, 1.165) is 0 Å². The second-order valence-corrected chi connectivity index (χ2v) is 7.71. The molecular formula is C14H10Br2N2O2S. The fourth-order valence-electron chi connectivity index (χ4n) is 1.78. The van der Waals surface area contributed by atoms with Crippen LogP contribution in [0.3, 0.4) is 0 Å². The molecule has 0 amide bonds. The van der Waals surface area contributed by atoms with Crippen LogP contribution in [-0.2, 0) is 10.0 Å². The number of benzene rings is 2. The Kier molecular flexibility index (Phi) is 4.71. The van der Waals surface area contributed by atoms with Crippen molar-refractivity contribution >= 4 is 47.6 Å². The van der Waals surface area contributed by atoms with Crippen molar-refractivity contribution in [1.29, 1.82) is 5.26 Å². The van der Waals surface area contributed by atoms with E-state index in [2.05, 4.69) is 36.6 Å². The molecule has 0 saturated heterocycles. The first kappa shape index (κ1) is 16.0. The molecule has 0 atom stereocenters. The lowest BCUT2D eigenvalue weighted by molar-refractivity contribution is 0.600. The van der Waals surface area contributed by atoms with Gasteiger partial charge in [-0.2, -0.15) is 5.26 Å². The van der Waals surface area contributed by atoms with Gasteiger partial charge in [0, 0.05) is 8.95 Å². The number of nitrogens with one attached hydrogen (secondary N) is 1. The molecule has 0 radical (unpaired) electrons. The molecule has 0 fully saturated rings. The molecule has 0 aliphatic rings. The third-order valence-electron chi connectivity index (χ3n) is 2.81. The Bertz CT molecular complexity index is 843. The van der Waals surface area contributed by atoms with Crippen LogP contribution in [0.1, 0.15) is 11.1 Å². The highest BCUT2D eigenvalue weighted by Crippen LogP contribution is 2.28. The highest BCUT2D eigenvalue weighted by Gasteiger charge is 2.20. The molecule has 0 aliphatic carbocycles. The Morgan fingerprint density at radius 3 is 2.57 bits per heavy atom. The van der Waals surface area contributed by atoms with Gasteiger partial charge >= 0.3 is 0 Å². The van der Waals surface area contributed by atoms with Crippen LogP contribution in [0.15, 0.2) is 50.2 Å². The minimum absolute atomic E-state index is 0.0993. The van der Waals surface area contributed by atoms with Crippen LogP contribution in [0.25, 0.3) is 0 Å². The van der Waals surface area contributed by atoms with E-state index in [-0.39, 0.29) is 10.6 Å². The number of sulfonamides is 1. The SMILES string of the molecule is Cc1cccc(NS(=O)(=O)c2cc(Br)ccc2Br)c1C#N. The monoisotopic (exact) mass is 428 g/mol. The number of halogens is 2. The normalized spacial score (nSPS) is 11.0. The van der Waals surface area contributed by atoms with E-state index in [9.17, 15) is 8.42 Å². The van der Waals surface area contributed by atoms with Gasteiger partial charge in [-0.15, -0.1) is 0 Å². The summed E-state index contributed by atoms with van der Waals surface area (Å²) in [7, 11) is -3.79. The number of hydrogen-bond donors (Lipinski definition) is 1. The Hall–Kier alpha value is -1.36. The number of nitrogens with zero attached hydrogens (tertiary/aromatic N) is 1. The highest BCUT2D eigenvalue weighted by molar-refractivity contribution is 9.11. The van der Waals surface area contributed by atoms with Gasteiger partial charge in [-0.1, -0.05) is 28.1 Å². The topological polar surface area (TPSA) is 70.0 Å². The fraction of sp³-hybridized carbons (Fsp3) is 0.0714. The maximum atomic E-state index is 12.5. The van der Waals surface area contributed by atoms with Gasteiger partial charge in [0.25, 0.3) is 10.0 Å².